The average molecular weight is 447 g/mol. The molecule has 2 aromatic heterocycles. The molecular formula is C21H27ClN6OS. The number of nitrogens with one attached hydrogen (secondary N) is 1. The molecule has 0 bridgehead atoms. The fourth-order valence-corrected chi connectivity index (χ4v) is 5.05. The SMILES string of the molecule is CCN(CC)CCn1c(NC(=O)c2sc(N3CCCC3)nc2Cl)nc2ccccc21. The summed E-state index contributed by atoms with van der Waals surface area (Å²) in [6.45, 7) is 9.84. The van der Waals surface area contributed by atoms with Crippen molar-refractivity contribution in [2.75, 3.05) is 42.9 Å². The van der Waals surface area contributed by atoms with Crippen LogP contribution < -0.4 is 10.2 Å². The minimum Gasteiger partial charge on any atom is -0.348 e. The Morgan fingerprint density at radius 2 is 1.93 bits per heavy atom. The Bertz CT molecular complexity index is 1020. The number of carbonyl (C=O) groups excluding carboxylic acids is 1. The van der Waals surface area contributed by atoms with Gasteiger partial charge < -0.3 is 14.4 Å². The van der Waals surface area contributed by atoms with Crippen LogP contribution >= 0.6 is 22.9 Å². The zero-order chi connectivity index (χ0) is 21.1. The van der Waals surface area contributed by atoms with Gasteiger partial charge in [0.05, 0.1) is 11.0 Å². The lowest BCUT2D eigenvalue weighted by Crippen LogP contribution is -2.27. The predicted molar refractivity (Wildman–Crippen MR) is 124 cm³/mol. The molecule has 3 aromatic rings. The summed E-state index contributed by atoms with van der Waals surface area (Å²) in [6, 6.07) is 7.94. The second-order valence-electron chi connectivity index (χ2n) is 7.37. The van der Waals surface area contributed by atoms with Crippen molar-refractivity contribution in [2.45, 2.75) is 33.2 Å². The van der Waals surface area contributed by atoms with Crippen molar-refractivity contribution in [2.24, 2.45) is 0 Å². The summed E-state index contributed by atoms with van der Waals surface area (Å²) in [4.78, 5) is 27.1. The third kappa shape index (κ3) is 4.31. The minimum absolute atomic E-state index is 0.255. The van der Waals surface area contributed by atoms with E-state index in [9.17, 15) is 4.79 Å². The third-order valence-electron chi connectivity index (χ3n) is 5.57. The van der Waals surface area contributed by atoms with E-state index in [1.54, 1.807) is 0 Å². The topological polar surface area (TPSA) is 66.3 Å². The second kappa shape index (κ2) is 9.32. The summed E-state index contributed by atoms with van der Waals surface area (Å²) in [6.07, 6.45) is 2.30. The van der Waals surface area contributed by atoms with E-state index in [1.807, 2.05) is 24.3 Å². The molecule has 0 unspecified atom stereocenters. The van der Waals surface area contributed by atoms with Crippen molar-refractivity contribution in [1.29, 1.82) is 0 Å². The zero-order valence-electron chi connectivity index (χ0n) is 17.4. The van der Waals surface area contributed by atoms with Crippen LogP contribution in [-0.2, 0) is 6.54 Å². The van der Waals surface area contributed by atoms with E-state index in [-0.39, 0.29) is 11.1 Å². The number of para-hydroxylation sites is 2. The first kappa shape index (κ1) is 21.1. The van der Waals surface area contributed by atoms with Crippen LogP contribution in [0.3, 0.4) is 0 Å². The number of benzene rings is 1. The van der Waals surface area contributed by atoms with Gasteiger partial charge in [-0.15, -0.1) is 0 Å². The number of rotatable bonds is 8. The average Bonchev–Trinajstić information content (AvgIpc) is 3.47. The highest BCUT2D eigenvalue weighted by atomic mass is 35.5. The van der Waals surface area contributed by atoms with Crippen LogP contribution in [0.2, 0.25) is 5.15 Å². The van der Waals surface area contributed by atoms with Gasteiger partial charge in [0.25, 0.3) is 5.91 Å². The molecule has 7 nitrogen and oxygen atoms in total. The maximum atomic E-state index is 13.0. The quantitative estimate of drug-likeness (QED) is 0.557. The van der Waals surface area contributed by atoms with E-state index in [0.29, 0.717) is 10.8 Å². The number of carbonyl (C=O) groups is 1. The summed E-state index contributed by atoms with van der Waals surface area (Å²) in [5, 5.41) is 4.05. The highest BCUT2D eigenvalue weighted by Crippen LogP contribution is 2.32. The van der Waals surface area contributed by atoms with Crippen molar-refractivity contribution in [3.05, 3.63) is 34.3 Å². The number of amides is 1. The molecule has 4 rings (SSSR count). The molecule has 0 spiro atoms. The second-order valence-corrected chi connectivity index (χ2v) is 8.70. The molecule has 0 radical (unpaired) electrons. The van der Waals surface area contributed by atoms with Gasteiger partial charge in [-0.1, -0.05) is 48.9 Å². The summed E-state index contributed by atoms with van der Waals surface area (Å²) >= 11 is 7.67. The minimum atomic E-state index is -0.262. The number of aromatic nitrogens is 3. The van der Waals surface area contributed by atoms with Crippen molar-refractivity contribution >= 4 is 51.0 Å². The largest absolute Gasteiger partial charge is 0.348 e. The van der Waals surface area contributed by atoms with Gasteiger partial charge >= 0.3 is 0 Å². The summed E-state index contributed by atoms with van der Waals surface area (Å²) in [5.74, 6) is 0.280. The number of thiazole rings is 1. The molecule has 30 heavy (non-hydrogen) atoms. The molecule has 3 heterocycles. The van der Waals surface area contributed by atoms with Crippen LogP contribution in [0.25, 0.3) is 11.0 Å². The Labute approximate surface area is 185 Å². The lowest BCUT2D eigenvalue weighted by Gasteiger charge is -2.19. The van der Waals surface area contributed by atoms with Crippen LogP contribution in [0.4, 0.5) is 11.1 Å². The number of hydrogen-bond donors (Lipinski definition) is 1. The van der Waals surface area contributed by atoms with Gasteiger partial charge in [0, 0.05) is 26.2 Å². The molecule has 160 valence electrons. The maximum Gasteiger partial charge on any atom is 0.271 e. The van der Waals surface area contributed by atoms with E-state index in [2.05, 4.69) is 43.5 Å². The molecule has 9 heteroatoms. The fourth-order valence-electron chi connectivity index (χ4n) is 3.81. The molecule has 1 fully saturated rings. The van der Waals surface area contributed by atoms with E-state index in [1.165, 1.54) is 11.3 Å². The van der Waals surface area contributed by atoms with E-state index >= 15 is 0 Å². The van der Waals surface area contributed by atoms with Gasteiger partial charge in [-0.25, -0.2) is 9.97 Å². The molecular weight excluding hydrogens is 420 g/mol. The first-order valence-corrected chi connectivity index (χ1v) is 11.7. The van der Waals surface area contributed by atoms with E-state index < -0.39 is 0 Å². The fraction of sp³-hybridized carbons (Fsp3) is 0.476. The summed E-state index contributed by atoms with van der Waals surface area (Å²) < 4.78 is 2.07. The molecule has 1 aromatic carbocycles. The Hall–Kier alpha value is -2.16. The lowest BCUT2D eigenvalue weighted by atomic mass is 10.3. The van der Waals surface area contributed by atoms with Crippen molar-refractivity contribution in [1.82, 2.24) is 19.4 Å². The Morgan fingerprint density at radius 3 is 2.67 bits per heavy atom. The van der Waals surface area contributed by atoms with Crippen LogP contribution in [0.1, 0.15) is 36.4 Å². The van der Waals surface area contributed by atoms with Crippen molar-refractivity contribution in [3.63, 3.8) is 0 Å². The molecule has 1 saturated heterocycles. The number of nitrogens with zero attached hydrogens (tertiary/aromatic N) is 5. The zero-order valence-corrected chi connectivity index (χ0v) is 19.0. The predicted octanol–water partition coefficient (Wildman–Crippen LogP) is 4.34. The summed E-state index contributed by atoms with van der Waals surface area (Å²) in [7, 11) is 0. The highest BCUT2D eigenvalue weighted by Gasteiger charge is 2.23. The van der Waals surface area contributed by atoms with Crippen LogP contribution in [-0.4, -0.2) is 58.1 Å². The third-order valence-corrected chi connectivity index (χ3v) is 7.07. The van der Waals surface area contributed by atoms with Gasteiger partial charge in [0.1, 0.15) is 4.88 Å². The van der Waals surface area contributed by atoms with Gasteiger partial charge in [-0.2, -0.15) is 0 Å². The van der Waals surface area contributed by atoms with Gasteiger partial charge in [0.2, 0.25) is 5.95 Å². The standard InChI is InChI=1S/C21H27ClN6OS/c1-3-26(4-2)13-14-28-16-10-6-5-9-15(16)23-20(28)25-19(29)17-18(22)24-21(30-17)27-11-7-8-12-27/h5-6,9-10H,3-4,7-8,11-14H2,1-2H3,(H,23,25,29). The van der Waals surface area contributed by atoms with Crippen LogP contribution in [0.5, 0.6) is 0 Å². The Balaban J connectivity index is 1.58. The molecule has 1 amide bonds. The Morgan fingerprint density at radius 1 is 1.20 bits per heavy atom. The first-order chi connectivity index (χ1) is 14.6. The van der Waals surface area contributed by atoms with Crippen LogP contribution in [0.15, 0.2) is 24.3 Å². The van der Waals surface area contributed by atoms with Gasteiger partial charge in [-0.05, 0) is 38.1 Å². The van der Waals surface area contributed by atoms with Crippen molar-refractivity contribution in [3.8, 4) is 0 Å². The first-order valence-electron chi connectivity index (χ1n) is 10.5. The molecule has 0 aliphatic carbocycles. The maximum absolute atomic E-state index is 13.0. The lowest BCUT2D eigenvalue weighted by molar-refractivity contribution is 0.102. The normalized spacial score (nSPS) is 14.2. The number of anilines is 2. The number of likely N-dealkylation sites (N-methyl/N-ethyl adjacent to an activating group) is 1. The summed E-state index contributed by atoms with van der Waals surface area (Å²) in [5.41, 5.74) is 1.87. The highest BCUT2D eigenvalue weighted by molar-refractivity contribution is 7.18. The monoisotopic (exact) mass is 446 g/mol. The van der Waals surface area contributed by atoms with E-state index in [0.717, 1.165) is 68.3 Å². The number of imidazole rings is 1. The number of fused-ring (bicyclic) bond motifs is 1. The van der Waals surface area contributed by atoms with Gasteiger partial charge in [-0.3, -0.25) is 10.1 Å². The molecule has 1 N–H and O–H groups in total. The van der Waals surface area contributed by atoms with E-state index in [4.69, 9.17) is 11.6 Å². The smallest absolute Gasteiger partial charge is 0.271 e. The number of halogens is 1. The van der Waals surface area contributed by atoms with Crippen LogP contribution in [0, 0.1) is 0 Å². The molecule has 0 saturated carbocycles. The van der Waals surface area contributed by atoms with Gasteiger partial charge in [0.15, 0.2) is 10.3 Å². The Kier molecular flexibility index (Phi) is 6.55. The van der Waals surface area contributed by atoms with Crippen molar-refractivity contribution < 1.29 is 4.79 Å². The molecule has 0 atom stereocenters. The molecule has 1 aliphatic heterocycles. The number of hydrogen-bond acceptors (Lipinski definition) is 6. The molecule has 1 aliphatic rings.